The highest BCUT2D eigenvalue weighted by Gasteiger charge is 2.37. The first-order valence-electron chi connectivity index (χ1n) is 10.1. The van der Waals surface area contributed by atoms with Gasteiger partial charge in [-0.05, 0) is 50.2 Å². The molecule has 154 valence electrons. The monoisotopic (exact) mass is 393 g/mol. The molecule has 2 aliphatic rings. The number of carbonyl (C=O) groups is 2. The summed E-state index contributed by atoms with van der Waals surface area (Å²) in [6.45, 7) is 4.48. The Morgan fingerprint density at radius 2 is 1.82 bits per heavy atom. The van der Waals surface area contributed by atoms with Crippen molar-refractivity contribution in [1.29, 1.82) is 0 Å². The van der Waals surface area contributed by atoms with E-state index in [1.165, 1.54) is 31.9 Å². The van der Waals surface area contributed by atoms with Crippen LogP contribution in [0, 0.1) is 24.5 Å². The normalized spacial score (nSPS) is 22.3. The standard InChI is InChI=1S/C21H29F2N3O2/c1-13-3-8-19(22)18(21(13)23)11-25-20(28)9-16-6-7-17(10-24-14(2)27)26(16)12-15-4-5-15/h3,8,15-17H,4-7,9-12H2,1-2H3,(H,24,27)(H,25,28)/t16-,17+/m0/s1. The summed E-state index contributed by atoms with van der Waals surface area (Å²) in [5.41, 5.74) is 0.260. The quantitative estimate of drug-likeness (QED) is 0.714. The zero-order valence-electron chi connectivity index (χ0n) is 16.6. The number of halogens is 2. The van der Waals surface area contributed by atoms with Gasteiger partial charge < -0.3 is 10.6 Å². The number of aryl methyl sites for hydroxylation is 1. The lowest BCUT2D eigenvalue weighted by Crippen LogP contribution is -2.45. The molecule has 2 atom stereocenters. The number of rotatable bonds is 8. The van der Waals surface area contributed by atoms with Crippen molar-refractivity contribution >= 4 is 11.8 Å². The number of amides is 2. The first kappa shape index (κ1) is 20.7. The van der Waals surface area contributed by atoms with E-state index in [2.05, 4.69) is 15.5 Å². The Balaban J connectivity index is 1.56. The van der Waals surface area contributed by atoms with Crippen LogP contribution in [0.1, 0.15) is 50.2 Å². The van der Waals surface area contributed by atoms with Crippen molar-refractivity contribution in [1.82, 2.24) is 15.5 Å². The number of hydrogen-bond acceptors (Lipinski definition) is 3. The molecule has 5 nitrogen and oxygen atoms in total. The van der Waals surface area contributed by atoms with Gasteiger partial charge in [0, 0.05) is 50.6 Å². The number of hydrogen-bond donors (Lipinski definition) is 2. The third-order valence-electron chi connectivity index (χ3n) is 5.79. The second-order valence-corrected chi connectivity index (χ2v) is 8.10. The zero-order valence-corrected chi connectivity index (χ0v) is 16.6. The lowest BCUT2D eigenvalue weighted by molar-refractivity contribution is -0.123. The molecular formula is C21H29F2N3O2. The molecule has 1 heterocycles. The van der Waals surface area contributed by atoms with E-state index in [-0.39, 0.29) is 36.0 Å². The molecule has 2 N–H and O–H groups in total. The summed E-state index contributed by atoms with van der Waals surface area (Å²) in [5.74, 6) is -0.818. The molecule has 3 rings (SSSR count). The number of likely N-dealkylation sites (tertiary alicyclic amines) is 1. The lowest BCUT2D eigenvalue weighted by Gasteiger charge is -2.30. The molecule has 1 aromatic rings. The van der Waals surface area contributed by atoms with Crippen LogP contribution in [0.3, 0.4) is 0 Å². The van der Waals surface area contributed by atoms with Gasteiger partial charge in [0.1, 0.15) is 11.6 Å². The van der Waals surface area contributed by atoms with Gasteiger partial charge >= 0.3 is 0 Å². The Bertz CT molecular complexity index is 737. The average molecular weight is 393 g/mol. The number of nitrogens with one attached hydrogen (secondary N) is 2. The van der Waals surface area contributed by atoms with E-state index >= 15 is 0 Å². The summed E-state index contributed by atoms with van der Waals surface area (Å²) in [4.78, 5) is 26.0. The van der Waals surface area contributed by atoms with Crippen molar-refractivity contribution in [3.63, 3.8) is 0 Å². The van der Waals surface area contributed by atoms with Gasteiger partial charge in [0.05, 0.1) is 0 Å². The van der Waals surface area contributed by atoms with Gasteiger partial charge in [-0.3, -0.25) is 14.5 Å². The van der Waals surface area contributed by atoms with Crippen molar-refractivity contribution in [3.8, 4) is 0 Å². The lowest BCUT2D eigenvalue weighted by atomic mass is 10.1. The maximum absolute atomic E-state index is 14.1. The van der Waals surface area contributed by atoms with Crippen molar-refractivity contribution in [2.75, 3.05) is 13.1 Å². The van der Waals surface area contributed by atoms with Crippen molar-refractivity contribution < 1.29 is 18.4 Å². The highest BCUT2D eigenvalue weighted by atomic mass is 19.1. The Morgan fingerprint density at radius 1 is 1.11 bits per heavy atom. The summed E-state index contributed by atoms with van der Waals surface area (Å²) < 4.78 is 28.0. The minimum absolute atomic E-state index is 0.0465. The first-order chi connectivity index (χ1) is 13.3. The Morgan fingerprint density at radius 3 is 2.50 bits per heavy atom. The maximum atomic E-state index is 14.1. The summed E-state index contributed by atoms with van der Waals surface area (Å²) >= 11 is 0. The van der Waals surface area contributed by atoms with Crippen LogP contribution in [0.4, 0.5) is 8.78 Å². The fourth-order valence-electron chi connectivity index (χ4n) is 3.96. The second-order valence-electron chi connectivity index (χ2n) is 8.10. The number of carbonyl (C=O) groups excluding carboxylic acids is 2. The summed E-state index contributed by atoms with van der Waals surface area (Å²) in [6.07, 6.45) is 4.56. The summed E-state index contributed by atoms with van der Waals surface area (Å²) in [7, 11) is 0. The van der Waals surface area contributed by atoms with E-state index in [1.807, 2.05) is 0 Å². The smallest absolute Gasteiger partial charge is 0.221 e. The van der Waals surface area contributed by atoms with Crippen molar-refractivity contribution in [3.05, 3.63) is 34.9 Å². The first-order valence-corrected chi connectivity index (χ1v) is 10.1. The van der Waals surface area contributed by atoms with E-state index in [0.29, 0.717) is 24.4 Å². The fourth-order valence-corrected chi connectivity index (χ4v) is 3.96. The van der Waals surface area contributed by atoms with Crippen LogP contribution in [-0.2, 0) is 16.1 Å². The third-order valence-corrected chi connectivity index (χ3v) is 5.79. The van der Waals surface area contributed by atoms with E-state index in [0.717, 1.165) is 19.4 Å². The minimum Gasteiger partial charge on any atom is -0.355 e. The topological polar surface area (TPSA) is 61.4 Å². The van der Waals surface area contributed by atoms with E-state index < -0.39 is 11.6 Å². The van der Waals surface area contributed by atoms with Gasteiger partial charge in [-0.25, -0.2) is 8.78 Å². The van der Waals surface area contributed by atoms with Gasteiger partial charge in [0.2, 0.25) is 11.8 Å². The molecule has 1 aliphatic heterocycles. The summed E-state index contributed by atoms with van der Waals surface area (Å²) in [6, 6.07) is 2.96. The molecule has 0 unspecified atom stereocenters. The number of benzene rings is 1. The molecule has 1 aliphatic carbocycles. The Hall–Kier alpha value is -2.02. The van der Waals surface area contributed by atoms with E-state index in [9.17, 15) is 18.4 Å². The molecule has 1 saturated carbocycles. The molecule has 28 heavy (non-hydrogen) atoms. The van der Waals surface area contributed by atoms with Crippen LogP contribution in [0.15, 0.2) is 12.1 Å². The minimum atomic E-state index is -0.644. The molecule has 0 bridgehead atoms. The molecule has 1 saturated heterocycles. The molecule has 2 amide bonds. The van der Waals surface area contributed by atoms with Crippen LogP contribution < -0.4 is 10.6 Å². The van der Waals surface area contributed by atoms with Crippen molar-refractivity contribution in [2.24, 2.45) is 5.92 Å². The van der Waals surface area contributed by atoms with Gasteiger partial charge in [-0.15, -0.1) is 0 Å². The fraction of sp³-hybridized carbons (Fsp3) is 0.619. The third kappa shape index (κ3) is 5.28. The van der Waals surface area contributed by atoms with Crippen LogP contribution in [0.25, 0.3) is 0 Å². The molecular weight excluding hydrogens is 364 g/mol. The molecule has 1 aromatic carbocycles. The van der Waals surface area contributed by atoms with Crippen LogP contribution >= 0.6 is 0 Å². The van der Waals surface area contributed by atoms with Gasteiger partial charge in [-0.1, -0.05) is 6.07 Å². The molecule has 0 radical (unpaired) electrons. The highest BCUT2D eigenvalue weighted by molar-refractivity contribution is 5.76. The molecule has 7 heteroatoms. The van der Waals surface area contributed by atoms with Gasteiger partial charge in [0.25, 0.3) is 0 Å². The Kier molecular flexibility index (Phi) is 6.65. The maximum Gasteiger partial charge on any atom is 0.221 e. The molecule has 0 aromatic heterocycles. The van der Waals surface area contributed by atoms with Crippen LogP contribution in [0.5, 0.6) is 0 Å². The highest BCUT2D eigenvalue weighted by Crippen LogP contribution is 2.35. The predicted octanol–water partition coefficient (Wildman–Crippen LogP) is 2.66. The number of nitrogens with zero attached hydrogens (tertiary/aromatic N) is 1. The second kappa shape index (κ2) is 8.99. The van der Waals surface area contributed by atoms with Gasteiger partial charge in [0.15, 0.2) is 0 Å². The van der Waals surface area contributed by atoms with Crippen molar-refractivity contribution in [2.45, 2.75) is 64.6 Å². The van der Waals surface area contributed by atoms with E-state index in [1.54, 1.807) is 6.92 Å². The van der Waals surface area contributed by atoms with Gasteiger partial charge in [-0.2, -0.15) is 0 Å². The van der Waals surface area contributed by atoms with Crippen LogP contribution in [0.2, 0.25) is 0 Å². The SMILES string of the molecule is CC(=O)NC[C@H]1CC[C@@H](CC(=O)NCc2c(F)ccc(C)c2F)N1CC1CC1. The molecule has 2 fully saturated rings. The van der Waals surface area contributed by atoms with E-state index in [4.69, 9.17) is 0 Å². The zero-order chi connectivity index (χ0) is 20.3. The Labute approximate surface area is 164 Å². The molecule has 0 spiro atoms. The largest absolute Gasteiger partial charge is 0.355 e. The average Bonchev–Trinajstić information content (AvgIpc) is 3.39. The predicted molar refractivity (Wildman–Crippen MR) is 102 cm³/mol. The van der Waals surface area contributed by atoms with Crippen LogP contribution in [-0.4, -0.2) is 41.9 Å². The summed E-state index contributed by atoms with van der Waals surface area (Å²) in [5, 5.41) is 5.56.